The van der Waals surface area contributed by atoms with Gasteiger partial charge in [-0.25, -0.2) is 0 Å². The van der Waals surface area contributed by atoms with E-state index in [-0.39, 0.29) is 0 Å². The van der Waals surface area contributed by atoms with Gasteiger partial charge in [-0.1, -0.05) is 55.5 Å². The Morgan fingerprint density at radius 2 is 1.29 bits per heavy atom. The molecule has 1 nitrogen and oxygen atoms in total. The van der Waals surface area contributed by atoms with Crippen LogP contribution < -0.4 is 4.74 Å². The molecule has 0 heterocycles. The van der Waals surface area contributed by atoms with Crippen LogP contribution >= 0.6 is 0 Å². The summed E-state index contributed by atoms with van der Waals surface area (Å²) in [6.45, 7) is 4.88. The highest BCUT2D eigenvalue weighted by atomic mass is 16.5. The molecular weight excluding hydrogens is 208 g/mol. The molecule has 0 radical (unpaired) electrons. The van der Waals surface area contributed by atoms with E-state index in [0.717, 1.165) is 18.8 Å². The van der Waals surface area contributed by atoms with E-state index in [1.54, 1.807) is 0 Å². The van der Waals surface area contributed by atoms with Crippen LogP contribution in [0, 0.1) is 0 Å². The molecule has 0 bridgehead atoms. The van der Waals surface area contributed by atoms with Gasteiger partial charge in [-0.15, -0.1) is 0 Å². The molecule has 0 N–H and O–H groups in total. The monoisotopic (exact) mass is 228 g/mol. The summed E-state index contributed by atoms with van der Waals surface area (Å²) in [7, 11) is 0. The number of hydrogen-bond donors (Lipinski definition) is 0. The summed E-state index contributed by atoms with van der Waals surface area (Å²) in [6.07, 6.45) is 1.14. The van der Waals surface area contributed by atoms with Gasteiger partial charge in [0.1, 0.15) is 5.75 Å². The van der Waals surface area contributed by atoms with Crippen molar-refractivity contribution < 1.29 is 4.74 Å². The minimum Gasteiger partial charge on any atom is -0.494 e. The maximum atomic E-state index is 5.21. The number of hydrogen-bond acceptors (Lipinski definition) is 1. The standard InChI is InChI=1S/C8H10O.C8H10/c1-2-9-8-6-4-3-5-7-8;1-2-8-6-4-3-5-7-8/h3-7H,2H2,1H3;3-7H,2H2,1H3. The third-order valence-corrected chi connectivity index (χ3v) is 2.31. The van der Waals surface area contributed by atoms with Gasteiger partial charge >= 0.3 is 0 Å². The van der Waals surface area contributed by atoms with Crippen LogP contribution in [0.1, 0.15) is 19.4 Å². The van der Waals surface area contributed by atoms with Gasteiger partial charge < -0.3 is 4.74 Å². The lowest BCUT2D eigenvalue weighted by atomic mass is 10.2. The Morgan fingerprint density at radius 1 is 0.765 bits per heavy atom. The first-order chi connectivity index (χ1) is 8.36. The molecule has 2 aromatic rings. The lowest BCUT2D eigenvalue weighted by Gasteiger charge is -1.99. The zero-order chi connectivity index (χ0) is 12.3. The fourth-order valence-corrected chi connectivity index (χ4v) is 1.40. The van der Waals surface area contributed by atoms with Crippen LogP contribution in [0.3, 0.4) is 0 Å². The number of benzene rings is 2. The van der Waals surface area contributed by atoms with Crippen molar-refractivity contribution in [3.05, 3.63) is 66.2 Å². The van der Waals surface area contributed by atoms with Gasteiger partial charge in [-0.3, -0.25) is 0 Å². The van der Waals surface area contributed by atoms with Gasteiger partial charge in [0.25, 0.3) is 0 Å². The minimum atomic E-state index is 0.740. The van der Waals surface area contributed by atoms with Gasteiger partial charge in [0, 0.05) is 0 Å². The molecule has 2 aromatic carbocycles. The highest BCUT2D eigenvalue weighted by Crippen LogP contribution is 2.06. The topological polar surface area (TPSA) is 9.23 Å². The normalized spacial score (nSPS) is 9.06. The summed E-state index contributed by atoms with van der Waals surface area (Å²) in [6, 6.07) is 20.3. The van der Waals surface area contributed by atoms with Crippen LogP contribution in [0.25, 0.3) is 0 Å². The number of ether oxygens (including phenoxy) is 1. The second-order valence-corrected chi connectivity index (χ2v) is 3.59. The predicted molar refractivity (Wildman–Crippen MR) is 73.4 cm³/mol. The largest absolute Gasteiger partial charge is 0.494 e. The van der Waals surface area contributed by atoms with Crippen LogP contribution in [0.15, 0.2) is 60.7 Å². The van der Waals surface area contributed by atoms with Gasteiger partial charge in [0.05, 0.1) is 6.61 Å². The lowest BCUT2D eigenvalue weighted by molar-refractivity contribution is 0.340. The van der Waals surface area contributed by atoms with E-state index in [2.05, 4.69) is 31.2 Å². The molecule has 0 saturated heterocycles. The summed E-state index contributed by atoms with van der Waals surface area (Å²) < 4.78 is 5.21. The minimum absolute atomic E-state index is 0.740. The maximum Gasteiger partial charge on any atom is 0.119 e. The number of para-hydroxylation sites is 1. The van der Waals surface area contributed by atoms with Crippen molar-refractivity contribution in [1.82, 2.24) is 0 Å². The van der Waals surface area contributed by atoms with Crippen molar-refractivity contribution in [3.63, 3.8) is 0 Å². The third kappa shape index (κ3) is 5.76. The number of aryl methyl sites for hydroxylation is 1. The van der Waals surface area contributed by atoms with E-state index in [9.17, 15) is 0 Å². The smallest absolute Gasteiger partial charge is 0.119 e. The molecule has 17 heavy (non-hydrogen) atoms. The Labute approximate surface area is 104 Å². The molecule has 0 aliphatic rings. The van der Waals surface area contributed by atoms with E-state index < -0.39 is 0 Å². The average Bonchev–Trinajstić information content (AvgIpc) is 2.42. The summed E-state index contributed by atoms with van der Waals surface area (Å²) in [5, 5.41) is 0. The molecule has 0 fully saturated rings. The molecule has 0 aliphatic heterocycles. The molecular formula is C16H20O. The molecule has 2 rings (SSSR count). The van der Waals surface area contributed by atoms with E-state index in [1.165, 1.54) is 5.56 Å². The molecule has 0 atom stereocenters. The molecule has 0 amide bonds. The van der Waals surface area contributed by atoms with Crippen molar-refractivity contribution in [3.8, 4) is 5.75 Å². The van der Waals surface area contributed by atoms with Gasteiger partial charge in [-0.2, -0.15) is 0 Å². The average molecular weight is 228 g/mol. The molecule has 0 saturated carbocycles. The van der Waals surface area contributed by atoms with E-state index in [1.807, 2.05) is 43.3 Å². The zero-order valence-electron chi connectivity index (χ0n) is 10.6. The van der Waals surface area contributed by atoms with Crippen molar-refractivity contribution in [1.29, 1.82) is 0 Å². The van der Waals surface area contributed by atoms with Gasteiger partial charge in [-0.05, 0) is 31.0 Å². The molecule has 0 aliphatic carbocycles. The van der Waals surface area contributed by atoms with Crippen LogP contribution in [-0.4, -0.2) is 6.61 Å². The van der Waals surface area contributed by atoms with Gasteiger partial charge in [0.2, 0.25) is 0 Å². The quantitative estimate of drug-likeness (QED) is 0.759. The molecule has 1 heteroatoms. The van der Waals surface area contributed by atoms with E-state index in [4.69, 9.17) is 4.74 Å². The van der Waals surface area contributed by atoms with Crippen LogP contribution in [0.4, 0.5) is 0 Å². The first kappa shape index (κ1) is 13.3. The Hall–Kier alpha value is -1.76. The van der Waals surface area contributed by atoms with Crippen LogP contribution in [0.5, 0.6) is 5.75 Å². The zero-order valence-corrected chi connectivity index (χ0v) is 10.6. The highest BCUT2D eigenvalue weighted by molar-refractivity contribution is 5.20. The lowest BCUT2D eigenvalue weighted by Crippen LogP contribution is -1.89. The first-order valence-corrected chi connectivity index (χ1v) is 6.08. The number of rotatable bonds is 3. The second-order valence-electron chi connectivity index (χ2n) is 3.59. The molecule has 0 spiro atoms. The van der Waals surface area contributed by atoms with Gasteiger partial charge in [0.15, 0.2) is 0 Å². The summed E-state index contributed by atoms with van der Waals surface area (Å²) in [4.78, 5) is 0. The Balaban J connectivity index is 0.000000171. The Morgan fingerprint density at radius 3 is 1.71 bits per heavy atom. The van der Waals surface area contributed by atoms with Crippen molar-refractivity contribution in [2.24, 2.45) is 0 Å². The summed E-state index contributed by atoms with van der Waals surface area (Å²) in [5.74, 6) is 0.944. The fraction of sp³-hybridized carbons (Fsp3) is 0.250. The van der Waals surface area contributed by atoms with Crippen LogP contribution in [-0.2, 0) is 6.42 Å². The molecule has 0 aromatic heterocycles. The van der Waals surface area contributed by atoms with Crippen molar-refractivity contribution in [2.45, 2.75) is 20.3 Å². The summed E-state index contributed by atoms with van der Waals surface area (Å²) >= 11 is 0. The fourth-order valence-electron chi connectivity index (χ4n) is 1.40. The highest BCUT2D eigenvalue weighted by Gasteiger charge is 1.83. The molecule has 0 unspecified atom stereocenters. The summed E-state index contributed by atoms with van der Waals surface area (Å²) in [5.41, 5.74) is 1.41. The van der Waals surface area contributed by atoms with E-state index >= 15 is 0 Å². The third-order valence-electron chi connectivity index (χ3n) is 2.31. The SMILES string of the molecule is CCOc1ccccc1.CCc1ccccc1. The molecule has 90 valence electrons. The maximum absolute atomic E-state index is 5.21. The first-order valence-electron chi connectivity index (χ1n) is 6.08. The van der Waals surface area contributed by atoms with E-state index in [0.29, 0.717) is 0 Å². The second kappa shape index (κ2) is 8.40. The Bertz CT molecular complexity index is 381. The van der Waals surface area contributed by atoms with Crippen LogP contribution in [0.2, 0.25) is 0 Å². The van der Waals surface area contributed by atoms with Crippen molar-refractivity contribution >= 4 is 0 Å². The van der Waals surface area contributed by atoms with Crippen molar-refractivity contribution in [2.75, 3.05) is 6.61 Å². The predicted octanol–water partition coefficient (Wildman–Crippen LogP) is 4.33. The Kier molecular flexibility index (Phi) is 6.57.